The number of hydrogen-bond donors (Lipinski definition) is 1. The maximum absolute atomic E-state index is 12.4. The van der Waals surface area contributed by atoms with Gasteiger partial charge in [-0.1, -0.05) is 0 Å². The van der Waals surface area contributed by atoms with Crippen molar-refractivity contribution in [3.05, 3.63) is 23.3 Å². The number of alkyl halides is 3. The molecule has 0 aromatic heterocycles. The summed E-state index contributed by atoms with van der Waals surface area (Å²) < 4.78 is 41.2. The fourth-order valence-corrected chi connectivity index (χ4v) is 2.25. The third-order valence-corrected chi connectivity index (χ3v) is 3.42. The van der Waals surface area contributed by atoms with E-state index in [-0.39, 0.29) is 23.3 Å². The molecule has 3 rings (SSSR count). The number of ether oxygens (including phenoxy) is 1. The van der Waals surface area contributed by atoms with E-state index >= 15 is 0 Å². The quantitative estimate of drug-likeness (QED) is 0.886. The van der Waals surface area contributed by atoms with Crippen LogP contribution in [0.3, 0.4) is 0 Å². The fraction of sp³-hybridized carbons (Fsp3) is 0.538. The predicted molar refractivity (Wildman–Crippen MR) is 58.7 cm³/mol. The van der Waals surface area contributed by atoms with Crippen molar-refractivity contribution in [3.8, 4) is 11.5 Å². The molecule has 98 valence electrons. The van der Waals surface area contributed by atoms with Gasteiger partial charge in [0.1, 0.15) is 11.5 Å². The highest BCUT2D eigenvalue weighted by molar-refractivity contribution is 5.51. The monoisotopic (exact) mass is 258 g/mol. The van der Waals surface area contributed by atoms with Crippen LogP contribution in [0.2, 0.25) is 0 Å². The standard InChI is InChI=1S/C13H13F3O2/c14-13(15,16)18-12-6-9(7-1-2-7)11(17)5-10(12)8-3-4-8/h5-8,17H,1-4H2. The first-order valence-corrected chi connectivity index (χ1v) is 6.06. The van der Waals surface area contributed by atoms with Gasteiger partial charge in [0.15, 0.2) is 0 Å². The summed E-state index contributed by atoms with van der Waals surface area (Å²) in [6.45, 7) is 0. The Morgan fingerprint density at radius 1 is 1.00 bits per heavy atom. The van der Waals surface area contributed by atoms with E-state index in [9.17, 15) is 18.3 Å². The third-order valence-electron chi connectivity index (χ3n) is 3.42. The summed E-state index contributed by atoms with van der Waals surface area (Å²) in [4.78, 5) is 0. The van der Waals surface area contributed by atoms with E-state index in [4.69, 9.17) is 0 Å². The van der Waals surface area contributed by atoms with Gasteiger partial charge in [0.2, 0.25) is 0 Å². The highest BCUT2D eigenvalue weighted by atomic mass is 19.4. The SMILES string of the molecule is Oc1cc(C2CC2)c(OC(F)(F)F)cc1C1CC1. The largest absolute Gasteiger partial charge is 0.573 e. The van der Waals surface area contributed by atoms with Crippen molar-refractivity contribution in [1.29, 1.82) is 0 Å². The van der Waals surface area contributed by atoms with Crippen LogP contribution in [0.4, 0.5) is 13.2 Å². The maximum atomic E-state index is 12.4. The molecule has 0 radical (unpaired) electrons. The molecule has 2 aliphatic rings. The van der Waals surface area contributed by atoms with E-state index in [1.165, 1.54) is 12.1 Å². The first kappa shape index (κ1) is 11.7. The summed E-state index contributed by atoms with van der Waals surface area (Å²) in [6.07, 6.45) is -1.13. The highest BCUT2D eigenvalue weighted by Crippen LogP contribution is 2.51. The van der Waals surface area contributed by atoms with E-state index in [1.807, 2.05) is 0 Å². The molecule has 0 bridgehead atoms. The van der Waals surface area contributed by atoms with Crippen LogP contribution >= 0.6 is 0 Å². The van der Waals surface area contributed by atoms with Crippen LogP contribution in [0, 0.1) is 0 Å². The summed E-state index contributed by atoms with van der Waals surface area (Å²) in [5.41, 5.74) is 1.06. The zero-order valence-electron chi connectivity index (χ0n) is 9.63. The number of halogens is 3. The summed E-state index contributed by atoms with van der Waals surface area (Å²) in [5.74, 6) is 0.258. The molecule has 1 aromatic carbocycles. The van der Waals surface area contributed by atoms with Crippen LogP contribution in [0.5, 0.6) is 11.5 Å². The molecule has 2 fully saturated rings. The Morgan fingerprint density at radius 2 is 1.56 bits per heavy atom. The van der Waals surface area contributed by atoms with E-state index in [0.29, 0.717) is 11.1 Å². The molecule has 0 amide bonds. The average molecular weight is 258 g/mol. The molecule has 0 heterocycles. The van der Waals surface area contributed by atoms with Crippen molar-refractivity contribution < 1.29 is 23.0 Å². The molecule has 0 saturated heterocycles. The number of phenolic OH excluding ortho intramolecular Hbond substituents is 1. The van der Waals surface area contributed by atoms with Crippen molar-refractivity contribution in [2.75, 3.05) is 0 Å². The number of rotatable bonds is 3. The number of phenols is 1. The van der Waals surface area contributed by atoms with Crippen LogP contribution in [0.1, 0.15) is 48.6 Å². The lowest BCUT2D eigenvalue weighted by Crippen LogP contribution is -2.18. The van der Waals surface area contributed by atoms with E-state index in [1.54, 1.807) is 0 Å². The zero-order chi connectivity index (χ0) is 12.9. The van der Waals surface area contributed by atoms with Gasteiger partial charge in [0.05, 0.1) is 0 Å². The smallest absolute Gasteiger partial charge is 0.508 e. The molecule has 0 aliphatic heterocycles. The van der Waals surface area contributed by atoms with Crippen LogP contribution < -0.4 is 4.74 Å². The first-order chi connectivity index (χ1) is 8.44. The van der Waals surface area contributed by atoms with E-state index < -0.39 is 6.36 Å². The normalized spacial score (nSPS) is 19.9. The molecular formula is C13H13F3O2. The predicted octanol–water partition coefficient (Wildman–Crippen LogP) is 4.05. The second kappa shape index (κ2) is 3.80. The molecule has 2 saturated carbocycles. The zero-order valence-corrected chi connectivity index (χ0v) is 9.63. The minimum absolute atomic E-state index is 0.0986. The molecule has 2 aliphatic carbocycles. The molecule has 5 heteroatoms. The Labute approximate surface area is 102 Å². The van der Waals surface area contributed by atoms with Gasteiger partial charge < -0.3 is 9.84 Å². The molecule has 2 nitrogen and oxygen atoms in total. The lowest BCUT2D eigenvalue weighted by atomic mass is 10.0. The minimum Gasteiger partial charge on any atom is -0.508 e. The van der Waals surface area contributed by atoms with Gasteiger partial charge in [-0.05, 0) is 49.7 Å². The lowest BCUT2D eigenvalue weighted by molar-refractivity contribution is -0.274. The van der Waals surface area contributed by atoms with Crippen LogP contribution in [-0.2, 0) is 0 Å². The van der Waals surface area contributed by atoms with Crippen molar-refractivity contribution in [1.82, 2.24) is 0 Å². The number of hydrogen-bond acceptors (Lipinski definition) is 2. The number of benzene rings is 1. The lowest BCUT2D eigenvalue weighted by Gasteiger charge is -2.15. The summed E-state index contributed by atoms with van der Waals surface area (Å²) in [5, 5.41) is 9.86. The van der Waals surface area contributed by atoms with E-state index in [2.05, 4.69) is 4.74 Å². The summed E-state index contributed by atoms with van der Waals surface area (Å²) in [6, 6.07) is 2.82. The first-order valence-electron chi connectivity index (χ1n) is 6.06. The van der Waals surface area contributed by atoms with Crippen molar-refractivity contribution in [2.24, 2.45) is 0 Å². The Morgan fingerprint density at radius 3 is 2.06 bits per heavy atom. The van der Waals surface area contributed by atoms with Gasteiger partial charge in [-0.3, -0.25) is 0 Å². The second-order valence-corrected chi connectivity index (χ2v) is 5.05. The highest BCUT2D eigenvalue weighted by Gasteiger charge is 2.37. The maximum Gasteiger partial charge on any atom is 0.573 e. The molecule has 1 aromatic rings. The van der Waals surface area contributed by atoms with E-state index in [0.717, 1.165) is 25.7 Å². The van der Waals surface area contributed by atoms with Crippen LogP contribution in [0.25, 0.3) is 0 Å². The number of aromatic hydroxyl groups is 1. The third kappa shape index (κ3) is 2.40. The van der Waals surface area contributed by atoms with Gasteiger partial charge in [-0.25, -0.2) is 0 Å². The molecule has 18 heavy (non-hydrogen) atoms. The van der Waals surface area contributed by atoms with Crippen molar-refractivity contribution in [2.45, 2.75) is 43.9 Å². The second-order valence-electron chi connectivity index (χ2n) is 5.05. The van der Waals surface area contributed by atoms with Gasteiger partial charge in [0.25, 0.3) is 0 Å². The fourth-order valence-electron chi connectivity index (χ4n) is 2.25. The van der Waals surface area contributed by atoms with Gasteiger partial charge >= 0.3 is 6.36 Å². The Balaban J connectivity index is 1.99. The Bertz CT molecular complexity index is 474. The summed E-state index contributed by atoms with van der Waals surface area (Å²) >= 11 is 0. The molecule has 0 atom stereocenters. The minimum atomic E-state index is -4.68. The van der Waals surface area contributed by atoms with Crippen LogP contribution in [-0.4, -0.2) is 11.5 Å². The van der Waals surface area contributed by atoms with Gasteiger partial charge in [0, 0.05) is 11.1 Å². The average Bonchev–Trinajstić information content (AvgIpc) is 3.13. The van der Waals surface area contributed by atoms with Crippen molar-refractivity contribution >= 4 is 0 Å². The summed E-state index contributed by atoms with van der Waals surface area (Å²) in [7, 11) is 0. The molecule has 0 spiro atoms. The van der Waals surface area contributed by atoms with Gasteiger partial charge in [-0.15, -0.1) is 13.2 Å². The van der Waals surface area contributed by atoms with Crippen LogP contribution in [0.15, 0.2) is 12.1 Å². The van der Waals surface area contributed by atoms with Gasteiger partial charge in [-0.2, -0.15) is 0 Å². The van der Waals surface area contributed by atoms with Crippen molar-refractivity contribution in [3.63, 3.8) is 0 Å². The molecule has 1 N–H and O–H groups in total. The topological polar surface area (TPSA) is 29.5 Å². The molecular weight excluding hydrogens is 245 g/mol. The molecule has 0 unspecified atom stereocenters. The Hall–Kier alpha value is -1.39. The Kier molecular flexibility index (Phi) is 2.47.